The second kappa shape index (κ2) is 6.96. The minimum Gasteiger partial charge on any atom is -0.342 e. The molecule has 3 nitrogen and oxygen atoms in total. The fourth-order valence-electron chi connectivity index (χ4n) is 2.45. The van der Waals surface area contributed by atoms with Crippen LogP contribution in [0.5, 0.6) is 0 Å². The van der Waals surface area contributed by atoms with Gasteiger partial charge in [0.25, 0.3) is 0 Å². The van der Waals surface area contributed by atoms with E-state index in [-0.39, 0.29) is 5.91 Å². The molecule has 1 aromatic carbocycles. The molecule has 1 unspecified atom stereocenters. The van der Waals surface area contributed by atoms with E-state index in [9.17, 15) is 4.79 Å². The lowest BCUT2D eigenvalue weighted by atomic mass is 10.0. The van der Waals surface area contributed by atoms with Crippen LogP contribution in [-0.4, -0.2) is 36.2 Å². The maximum absolute atomic E-state index is 12.0. The van der Waals surface area contributed by atoms with Crippen LogP contribution in [0.3, 0.4) is 0 Å². The van der Waals surface area contributed by atoms with Crippen molar-refractivity contribution in [2.75, 3.05) is 25.4 Å². The molecule has 1 N–H and O–H groups in total. The highest BCUT2D eigenvalue weighted by Crippen LogP contribution is 2.35. The molecule has 4 heteroatoms. The Labute approximate surface area is 119 Å². The van der Waals surface area contributed by atoms with Gasteiger partial charge in [0.15, 0.2) is 0 Å². The van der Waals surface area contributed by atoms with Crippen molar-refractivity contribution in [1.82, 2.24) is 10.2 Å². The first-order valence-electron chi connectivity index (χ1n) is 6.99. The zero-order valence-corrected chi connectivity index (χ0v) is 12.5. The summed E-state index contributed by atoms with van der Waals surface area (Å²) in [5, 5.41) is 3.42. The molecule has 1 heterocycles. The molecule has 19 heavy (non-hydrogen) atoms. The van der Waals surface area contributed by atoms with Crippen molar-refractivity contribution in [3.05, 3.63) is 29.8 Å². The first-order valence-corrected chi connectivity index (χ1v) is 7.97. The Hall–Kier alpha value is -1.00. The van der Waals surface area contributed by atoms with E-state index in [1.807, 2.05) is 30.5 Å². The van der Waals surface area contributed by atoms with Gasteiger partial charge in [-0.15, -0.1) is 11.8 Å². The Morgan fingerprint density at radius 2 is 2.11 bits per heavy atom. The second-order valence-electron chi connectivity index (χ2n) is 4.67. The molecule has 104 valence electrons. The number of rotatable bonds is 5. The van der Waals surface area contributed by atoms with Crippen LogP contribution in [0.4, 0.5) is 0 Å². The molecule has 0 fully saturated rings. The van der Waals surface area contributed by atoms with Gasteiger partial charge in [-0.3, -0.25) is 4.79 Å². The summed E-state index contributed by atoms with van der Waals surface area (Å²) >= 11 is 1.91. The standard InChI is InChI=1S/C15H22N2OS/c1-3-17(4-2)15(18)11-16-13-9-10-19-14-8-6-5-7-12(13)14/h5-8,13,16H,3-4,9-11H2,1-2H3. The van der Waals surface area contributed by atoms with Gasteiger partial charge >= 0.3 is 0 Å². The van der Waals surface area contributed by atoms with Gasteiger partial charge in [0.05, 0.1) is 6.54 Å². The van der Waals surface area contributed by atoms with E-state index >= 15 is 0 Å². The molecule has 1 aliphatic heterocycles. The van der Waals surface area contributed by atoms with Gasteiger partial charge < -0.3 is 10.2 Å². The van der Waals surface area contributed by atoms with Crippen molar-refractivity contribution >= 4 is 17.7 Å². The molecule has 0 bridgehead atoms. The van der Waals surface area contributed by atoms with Crippen LogP contribution in [-0.2, 0) is 4.79 Å². The number of fused-ring (bicyclic) bond motifs is 1. The number of nitrogens with zero attached hydrogens (tertiary/aromatic N) is 1. The Morgan fingerprint density at radius 1 is 1.37 bits per heavy atom. The van der Waals surface area contributed by atoms with E-state index in [1.54, 1.807) is 0 Å². The molecule has 0 radical (unpaired) electrons. The topological polar surface area (TPSA) is 32.3 Å². The minimum atomic E-state index is 0.195. The van der Waals surface area contributed by atoms with Gasteiger partial charge in [-0.05, 0) is 37.7 Å². The van der Waals surface area contributed by atoms with E-state index in [0.29, 0.717) is 12.6 Å². The van der Waals surface area contributed by atoms with Gasteiger partial charge in [0.1, 0.15) is 0 Å². The summed E-state index contributed by atoms with van der Waals surface area (Å²) in [5.41, 5.74) is 1.34. The lowest BCUT2D eigenvalue weighted by molar-refractivity contribution is -0.130. The fourth-order valence-corrected chi connectivity index (χ4v) is 3.58. The first kappa shape index (κ1) is 14.4. The summed E-state index contributed by atoms with van der Waals surface area (Å²) in [6, 6.07) is 8.80. The first-order chi connectivity index (χ1) is 9.26. The average molecular weight is 278 g/mol. The highest BCUT2D eigenvalue weighted by atomic mass is 32.2. The van der Waals surface area contributed by atoms with Gasteiger partial charge in [0.2, 0.25) is 5.91 Å². The quantitative estimate of drug-likeness (QED) is 0.899. The fraction of sp³-hybridized carbons (Fsp3) is 0.533. The Morgan fingerprint density at radius 3 is 2.84 bits per heavy atom. The number of thioether (sulfide) groups is 1. The average Bonchev–Trinajstić information content (AvgIpc) is 2.46. The van der Waals surface area contributed by atoms with Gasteiger partial charge in [0, 0.05) is 24.0 Å². The number of amides is 1. The number of nitrogens with one attached hydrogen (secondary N) is 1. The summed E-state index contributed by atoms with van der Waals surface area (Å²) in [6.45, 7) is 6.05. The number of hydrogen-bond donors (Lipinski definition) is 1. The van der Waals surface area contributed by atoms with Crippen LogP contribution in [0.2, 0.25) is 0 Å². The summed E-state index contributed by atoms with van der Waals surface area (Å²) in [7, 11) is 0. The van der Waals surface area contributed by atoms with Crippen molar-refractivity contribution < 1.29 is 4.79 Å². The molecule has 2 rings (SSSR count). The highest BCUT2D eigenvalue weighted by Gasteiger charge is 2.21. The largest absolute Gasteiger partial charge is 0.342 e. The van der Waals surface area contributed by atoms with E-state index in [0.717, 1.165) is 25.3 Å². The van der Waals surface area contributed by atoms with Crippen molar-refractivity contribution in [2.24, 2.45) is 0 Å². The Balaban J connectivity index is 1.96. The normalized spacial score (nSPS) is 17.9. The predicted molar refractivity (Wildman–Crippen MR) is 80.5 cm³/mol. The van der Waals surface area contributed by atoms with Gasteiger partial charge in [-0.1, -0.05) is 18.2 Å². The molecule has 0 aliphatic carbocycles. The lowest BCUT2D eigenvalue weighted by Gasteiger charge is -2.27. The number of benzene rings is 1. The Bertz CT molecular complexity index is 432. The maximum Gasteiger partial charge on any atom is 0.236 e. The molecule has 1 aliphatic rings. The third-order valence-electron chi connectivity index (χ3n) is 3.57. The molecular formula is C15H22N2OS. The minimum absolute atomic E-state index is 0.195. The van der Waals surface area contributed by atoms with Crippen LogP contribution in [0.1, 0.15) is 31.9 Å². The van der Waals surface area contributed by atoms with E-state index in [1.165, 1.54) is 10.5 Å². The van der Waals surface area contributed by atoms with Crippen molar-refractivity contribution in [1.29, 1.82) is 0 Å². The molecule has 1 atom stereocenters. The molecule has 0 spiro atoms. The van der Waals surface area contributed by atoms with Crippen LogP contribution >= 0.6 is 11.8 Å². The summed E-state index contributed by atoms with van der Waals surface area (Å²) in [6.07, 6.45) is 1.09. The van der Waals surface area contributed by atoms with Crippen LogP contribution in [0.15, 0.2) is 29.2 Å². The number of carbonyl (C=O) groups is 1. The summed E-state index contributed by atoms with van der Waals surface area (Å²) in [5.74, 6) is 1.31. The molecule has 0 saturated heterocycles. The molecular weight excluding hydrogens is 256 g/mol. The predicted octanol–water partition coefficient (Wildman–Crippen LogP) is 2.68. The number of carbonyl (C=O) groups excluding carboxylic acids is 1. The lowest BCUT2D eigenvalue weighted by Crippen LogP contribution is -2.39. The molecule has 1 amide bonds. The molecule has 1 aromatic rings. The van der Waals surface area contributed by atoms with Gasteiger partial charge in [-0.25, -0.2) is 0 Å². The van der Waals surface area contributed by atoms with Crippen LogP contribution in [0, 0.1) is 0 Å². The SMILES string of the molecule is CCN(CC)C(=O)CNC1CCSc2ccccc21. The zero-order chi connectivity index (χ0) is 13.7. The maximum atomic E-state index is 12.0. The Kier molecular flexibility index (Phi) is 5.28. The van der Waals surface area contributed by atoms with E-state index in [2.05, 4.69) is 29.6 Å². The smallest absolute Gasteiger partial charge is 0.236 e. The van der Waals surface area contributed by atoms with Crippen molar-refractivity contribution in [3.8, 4) is 0 Å². The monoisotopic (exact) mass is 278 g/mol. The second-order valence-corrected chi connectivity index (χ2v) is 5.81. The van der Waals surface area contributed by atoms with Crippen molar-refractivity contribution in [2.45, 2.75) is 31.2 Å². The number of hydrogen-bond acceptors (Lipinski definition) is 3. The molecule has 0 saturated carbocycles. The van der Waals surface area contributed by atoms with Crippen LogP contribution in [0.25, 0.3) is 0 Å². The molecule has 0 aromatic heterocycles. The third-order valence-corrected chi connectivity index (χ3v) is 4.70. The summed E-state index contributed by atoms with van der Waals surface area (Å²) in [4.78, 5) is 15.2. The highest BCUT2D eigenvalue weighted by molar-refractivity contribution is 7.99. The summed E-state index contributed by atoms with van der Waals surface area (Å²) < 4.78 is 0. The van der Waals surface area contributed by atoms with Crippen LogP contribution < -0.4 is 5.32 Å². The number of likely N-dealkylation sites (N-methyl/N-ethyl adjacent to an activating group) is 1. The van der Waals surface area contributed by atoms with E-state index in [4.69, 9.17) is 0 Å². The van der Waals surface area contributed by atoms with E-state index < -0.39 is 0 Å². The van der Waals surface area contributed by atoms with Gasteiger partial charge in [-0.2, -0.15) is 0 Å². The third kappa shape index (κ3) is 3.51. The van der Waals surface area contributed by atoms with Crippen molar-refractivity contribution in [3.63, 3.8) is 0 Å². The zero-order valence-electron chi connectivity index (χ0n) is 11.7.